The minimum Gasteiger partial charge on any atom is -0.448 e. The zero-order valence-electron chi connectivity index (χ0n) is 8.52. The fourth-order valence-electron chi connectivity index (χ4n) is 1.41. The standard InChI is InChI=1S/C12H10FNO2/c13-11-4-2-1-3-9(11)7-12-14-10(5-6-15)8-16-12/h1-4,6,8H,5,7H2. The molecule has 0 aliphatic carbocycles. The first-order valence-corrected chi connectivity index (χ1v) is 4.90. The summed E-state index contributed by atoms with van der Waals surface area (Å²) in [4.78, 5) is 14.3. The van der Waals surface area contributed by atoms with Crippen molar-refractivity contribution in [2.45, 2.75) is 12.8 Å². The zero-order chi connectivity index (χ0) is 11.4. The number of hydrogen-bond donors (Lipinski definition) is 0. The van der Waals surface area contributed by atoms with Gasteiger partial charge in [0.05, 0.1) is 12.1 Å². The lowest BCUT2D eigenvalue weighted by molar-refractivity contribution is -0.107. The fraction of sp³-hybridized carbons (Fsp3) is 0.167. The van der Waals surface area contributed by atoms with Crippen LogP contribution in [0.1, 0.15) is 17.1 Å². The van der Waals surface area contributed by atoms with Gasteiger partial charge in [-0.3, -0.25) is 0 Å². The smallest absolute Gasteiger partial charge is 0.198 e. The van der Waals surface area contributed by atoms with Gasteiger partial charge in [-0.1, -0.05) is 18.2 Å². The molecule has 0 aliphatic heterocycles. The van der Waals surface area contributed by atoms with Gasteiger partial charge in [-0.25, -0.2) is 9.37 Å². The number of carbonyl (C=O) groups is 1. The second-order valence-electron chi connectivity index (χ2n) is 3.37. The molecule has 82 valence electrons. The van der Waals surface area contributed by atoms with E-state index in [9.17, 15) is 9.18 Å². The quantitative estimate of drug-likeness (QED) is 0.740. The molecule has 1 heterocycles. The second-order valence-corrected chi connectivity index (χ2v) is 3.37. The average Bonchev–Trinajstić information content (AvgIpc) is 2.70. The van der Waals surface area contributed by atoms with E-state index in [1.54, 1.807) is 18.2 Å². The maximum absolute atomic E-state index is 13.3. The van der Waals surface area contributed by atoms with Crippen LogP contribution in [0.5, 0.6) is 0 Å². The molecule has 0 fully saturated rings. The number of oxazole rings is 1. The van der Waals surface area contributed by atoms with E-state index >= 15 is 0 Å². The van der Waals surface area contributed by atoms with Gasteiger partial charge in [0.2, 0.25) is 0 Å². The van der Waals surface area contributed by atoms with E-state index in [1.807, 2.05) is 0 Å². The largest absolute Gasteiger partial charge is 0.448 e. The highest BCUT2D eigenvalue weighted by Crippen LogP contribution is 2.12. The molecule has 2 aromatic rings. The van der Waals surface area contributed by atoms with Crippen molar-refractivity contribution in [2.75, 3.05) is 0 Å². The van der Waals surface area contributed by atoms with Crippen LogP contribution in [0.2, 0.25) is 0 Å². The number of carbonyl (C=O) groups excluding carboxylic acids is 1. The second kappa shape index (κ2) is 4.70. The van der Waals surface area contributed by atoms with Crippen LogP contribution in [0.15, 0.2) is 34.9 Å². The minimum atomic E-state index is -0.280. The first kappa shape index (κ1) is 10.5. The molecule has 1 aromatic heterocycles. The van der Waals surface area contributed by atoms with Crippen LogP contribution in [-0.2, 0) is 17.6 Å². The van der Waals surface area contributed by atoms with Gasteiger partial charge in [0.25, 0.3) is 0 Å². The molecule has 16 heavy (non-hydrogen) atoms. The van der Waals surface area contributed by atoms with Crippen LogP contribution in [-0.4, -0.2) is 11.3 Å². The van der Waals surface area contributed by atoms with Gasteiger partial charge in [-0.2, -0.15) is 0 Å². The molecule has 0 saturated carbocycles. The predicted octanol–water partition coefficient (Wildman–Crippen LogP) is 2.15. The molecule has 3 nitrogen and oxygen atoms in total. The van der Waals surface area contributed by atoms with Crippen LogP contribution in [0.3, 0.4) is 0 Å². The summed E-state index contributed by atoms with van der Waals surface area (Å²) in [6.45, 7) is 0. The van der Waals surface area contributed by atoms with Gasteiger partial charge in [-0.15, -0.1) is 0 Å². The Morgan fingerprint density at radius 2 is 2.19 bits per heavy atom. The highest BCUT2D eigenvalue weighted by atomic mass is 19.1. The normalized spacial score (nSPS) is 10.3. The van der Waals surface area contributed by atoms with Gasteiger partial charge in [-0.05, 0) is 11.6 Å². The van der Waals surface area contributed by atoms with Gasteiger partial charge in [0, 0.05) is 6.42 Å². The molecule has 0 aliphatic rings. The van der Waals surface area contributed by atoms with Crippen molar-refractivity contribution in [3.8, 4) is 0 Å². The number of nitrogens with zero attached hydrogens (tertiary/aromatic N) is 1. The topological polar surface area (TPSA) is 43.1 Å². The molecule has 0 bridgehead atoms. The molecule has 0 amide bonds. The number of benzene rings is 1. The maximum Gasteiger partial charge on any atom is 0.198 e. The Kier molecular flexibility index (Phi) is 3.10. The third-order valence-electron chi connectivity index (χ3n) is 2.19. The fourth-order valence-corrected chi connectivity index (χ4v) is 1.41. The van der Waals surface area contributed by atoms with Crippen molar-refractivity contribution >= 4 is 6.29 Å². The molecule has 0 saturated heterocycles. The maximum atomic E-state index is 13.3. The van der Waals surface area contributed by atoms with Crippen LogP contribution in [0, 0.1) is 5.82 Å². The molecule has 0 spiro atoms. The van der Waals surface area contributed by atoms with Crippen molar-refractivity contribution < 1.29 is 13.6 Å². The third-order valence-corrected chi connectivity index (χ3v) is 2.19. The Labute approximate surface area is 91.9 Å². The van der Waals surface area contributed by atoms with E-state index < -0.39 is 0 Å². The summed E-state index contributed by atoms with van der Waals surface area (Å²) in [6.07, 6.45) is 2.70. The predicted molar refractivity (Wildman–Crippen MR) is 55.5 cm³/mol. The summed E-state index contributed by atoms with van der Waals surface area (Å²) in [5, 5.41) is 0. The van der Waals surface area contributed by atoms with Gasteiger partial charge in [0.1, 0.15) is 18.4 Å². The Bertz CT molecular complexity index is 493. The number of hydrogen-bond acceptors (Lipinski definition) is 3. The van der Waals surface area contributed by atoms with Gasteiger partial charge >= 0.3 is 0 Å². The van der Waals surface area contributed by atoms with E-state index in [-0.39, 0.29) is 12.2 Å². The lowest BCUT2D eigenvalue weighted by Crippen LogP contribution is -1.93. The van der Waals surface area contributed by atoms with Gasteiger partial charge < -0.3 is 9.21 Å². The summed E-state index contributed by atoms with van der Waals surface area (Å²) in [6, 6.07) is 6.46. The van der Waals surface area contributed by atoms with Crippen molar-refractivity contribution in [2.24, 2.45) is 0 Å². The SMILES string of the molecule is O=CCc1coc(Cc2ccccc2F)n1. The summed E-state index contributed by atoms with van der Waals surface area (Å²) in [5.74, 6) is 0.139. The Hall–Kier alpha value is -1.97. The first-order valence-electron chi connectivity index (χ1n) is 4.90. The molecule has 0 radical (unpaired) electrons. The molecule has 0 unspecified atom stereocenters. The number of rotatable bonds is 4. The van der Waals surface area contributed by atoms with Crippen molar-refractivity contribution in [3.63, 3.8) is 0 Å². The van der Waals surface area contributed by atoms with Gasteiger partial charge in [0.15, 0.2) is 5.89 Å². The van der Waals surface area contributed by atoms with Crippen molar-refractivity contribution in [3.05, 3.63) is 53.5 Å². The van der Waals surface area contributed by atoms with Crippen LogP contribution < -0.4 is 0 Å². The van der Waals surface area contributed by atoms with Crippen LogP contribution in [0.4, 0.5) is 4.39 Å². The highest BCUT2D eigenvalue weighted by molar-refractivity contribution is 5.53. The number of aromatic nitrogens is 1. The number of halogens is 1. The zero-order valence-corrected chi connectivity index (χ0v) is 8.52. The molecule has 1 aromatic carbocycles. The average molecular weight is 219 g/mol. The van der Waals surface area contributed by atoms with E-state index in [0.29, 0.717) is 23.6 Å². The highest BCUT2D eigenvalue weighted by Gasteiger charge is 2.07. The van der Waals surface area contributed by atoms with Crippen molar-refractivity contribution in [1.29, 1.82) is 0 Å². The Morgan fingerprint density at radius 1 is 1.38 bits per heavy atom. The Morgan fingerprint density at radius 3 is 2.94 bits per heavy atom. The van der Waals surface area contributed by atoms with E-state index in [1.165, 1.54) is 12.3 Å². The minimum absolute atomic E-state index is 0.223. The number of aldehydes is 1. The first-order chi connectivity index (χ1) is 7.79. The van der Waals surface area contributed by atoms with Crippen LogP contribution >= 0.6 is 0 Å². The van der Waals surface area contributed by atoms with Crippen LogP contribution in [0.25, 0.3) is 0 Å². The lowest BCUT2D eigenvalue weighted by Gasteiger charge is -1.98. The molecular weight excluding hydrogens is 209 g/mol. The molecule has 4 heteroatoms. The van der Waals surface area contributed by atoms with E-state index in [0.717, 1.165) is 6.29 Å². The van der Waals surface area contributed by atoms with E-state index in [2.05, 4.69) is 4.98 Å². The summed E-state index contributed by atoms with van der Waals surface area (Å²) < 4.78 is 18.4. The summed E-state index contributed by atoms with van der Waals surface area (Å²) in [7, 11) is 0. The lowest BCUT2D eigenvalue weighted by atomic mass is 10.1. The monoisotopic (exact) mass is 219 g/mol. The molecule has 2 rings (SSSR count). The molecule has 0 atom stereocenters. The third kappa shape index (κ3) is 2.34. The summed E-state index contributed by atoms with van der Waals surface area (Å²) in [5.41, 5.74) is 1.10. The summed E-state index contributed by atoms with van der Waals surface area (Å²) >= 11 is 0. The van der Waals surface area contributed by atoms with E-state index in [4.69, 9.17) is 4.42 Å². The van der Waals surface area contributed by atoms with Crippen molar-refractivity contribution in [1.82, 2.24) is 4.98 Å². The molecule has 0 N–H and O–H groups in total. The Balaban J connectivity index is 2.14. The molecular formula is C12H10FNO2.